The number of hydrogen-bond acceptors (Lipinski definition) is 7. The second-order valence-corrected chi connectivity index (χ2v) is 12.2. The van der Waals surface area contributed by atoms with Crippen LogP contribution in [0.15, 0.2) is 36.4 Å². The molecule has 0 fully saturated rings. The van der Waals surface area contributed by atoms with E-state index in [2.05, 4.69) is 20.8 Å². The van der Waals surface area contributed by atoms with Crippen molar-refractivity contribution in [2.45, 2.75) is 34.1 Å². The zero-order valence-electron chi connectivity index (χ0n) is 21.3. The smallest absolute Gasteiger partial charge is 0.232 e. The van der Waals surface area contributed by atoms with E-state index in [1.54, 1.807) is 24.3 Å². The van der Waals surface area contributed by atoms with Gasteiger partial charge in [0.05, 0.1) is 39.6 Å². The molecule has 0 aliphatic carbocycles. The van der Waals surface area contributed by atoms with Gasteiger partial charge < -0.3 is 23.5 Å². The predicted molar refractivity (Wildman–Crippen MR) is 133 cm³/mol. The molecule has 0 aromatic heterocycles. The van der Waals surface area contributed by atoms with Crippen LogP contribution in [-0.2, 0) is 4.57 Å². The van der Waals surface area contributed by atoms with E-state index in [1.807, 2.05) is 6.92 Å². The normalized spacial score (nSPS) is 12.6. The summed E-state index contributed by atoms with van der Waals surface area (Å²) in [6, 6.07) is 9.30. The molecule has 0 N–H and O–H groups in total. The van der Waals surface area contributed by atoms with Gasteiger partial charge in [-0.15, -0.1) is 0 Å². The van der Waals surface area contributed by atoms with E-state index in [0.29, 0.717) is 17.9 Å². The molecule has 7 nitrogen and oxygen atoms in total. The van der Waals surface area contributed by atoms with E-state index < -0.39 is 18.2 Å². The largest absolute Gasteiger partial charge is 0.497 e. The van der Waals surface area contributed by atoms with Crippen LogP contribution in [0, 0.1) is 11.3 Å². The third kappa shape index (κ3) is 6.20. The summed E-state index contributed by atoms with van der Waals surface area (Å²) in [4.78, 5) is 27.8. The third-order valence-electron chi connectivity index (χ3n) is 5.46. The Morgan fingerprint density at radius 1 is 0.794 bits per heavy atom. The number of rotatable bonds is 11. The minimum Gasteiger partial charge on any atom is -0.497 e. The SMILES string of the molecule is COc1ccc(OC)c(C(=O)P(=O)(CC(C)CC(C)(C)C)C(=O)c2cc(OC)ccc2OC)c1. The van der Waals surface area contributed by atoms with Crippen molar-refractivity contribution in [3.8, 4) is 23.0 Å². The topological polar surface area (TPSA) is 88.1 Å². The summed E-state index contributed by atoms with van der Waals surface area (Å²) in [7, 11) is 1.58. The molecular weight excluding hydrogens is 455 g/mol. The van der Waals surface area contributed by atoms with Gasteiger partial charge in [0.2, 0.25) is 18.2 Å². The zero-order chi connectivity index (χ0) is 25.7. The Morgan fingerprint density at radius 3 is 1.53 bits per heavy atom. The van der Waals surface area contributed by atoms with Crippen molar-refractivity contribution in [1.82, 2.24) is 0 Å². The van der Waals surface area contributed by atoms with Crippen molar-refractivity contribution >= 4 is 18.2 Å². The lowest BCUT2D eigenvalue weighted by atomic mass is 9.86. The second kappa shape index (κ2) is 11.1. The average molecular weight is 491 g/mol. The number of hydrogen-bond donors (Lipinski definition) is 0. The van der Waals surface area contributed by atoms with Crippen molar-refractivity contribution in [2.75, 3.05) is 34.6 Å². The van der Waals surface area contributed by atoms with Gasteiger partial charge in [0.1, 0.15) is 23.0 Å². The number of methoxy groups -OCH3 is 4. The molecule has 0 amide bonds. The fraction of sp³-hybridized carbons (Fsp3) is 0.462. The first kappa shape index (κ1) is 27.5. The molecule has 186 valence electrons. The summed E-state index contributed by atoms with van der Waals surface area (Å²) in [6.07, 6.45) is 0.602. The zero-order valence-corrected chi connectivity index (χ0v) is 22.2. The number of ether oxygens (including phenoxy) is 4. The van der Waals surface area contributed by atoms with Crippen LogP contribution in [0.3, 0.4) is 0 Å². The Balaban J connectivity index is 2.70. The van der Waals surface area contributed by atoms with Crippen LogP contribution in [-0.4, -0.2) is 45.6 Å². The maximum atomic E-state index is 14.6. The fourth-order valence-electron chi connectivity index (χ4n) is 4.16. The molecule has 1 unspecified atom stereocenters. The highest BCUT2D eigenvalue weighted by atomic mass is 31.2. The monoisotopic (exact) mass is 490 g/mol. The molecule has 2 aromatic rings. The van der Waals surface area contributed by atoms with E-state index in [1.165, 1.54) is 40.6 Å². The summed E-state index contributed by atoms with van der Waals surface area (Å²) in [5, 5.41) is 0. The van der Waals surface area contributed by atoms with Crippen molar-refractivity contribution in [3.05, 3.63) is 47.5 Å². The maximum absolute atomic E-state index is 14.6. The molecule has 0 bridgehead atoms. The lowest BCUT2D eigenvalue weighted by Gasteiger charge is -2.26. The van der Waals surface area contributed by atoms with Gasteiger partial charge in [0.25, 0.3) is 0 Å². The highest BCUT2D eigenvalue weighted by molar-refractivity contribution is 7.95. The van der Waals surface area contributed by atoms with Crippen molar-refractivity contribution in [3.63, 3.8) is 0 Å². The molecule has 0 saturated heterocycles. The molecule has 0 aliphatic heterocycles. The molecule has 34 heavy (non-hydrogen) atoms. The first-order chi connectivity index (χ1) is 15.9. The minimum atomic E-state index is -4.18. The minimum absolute atomic E-state index is 0.0448. The van der Waals surface area contributed by atoms with Crippen molar-refractivity contribution in [1.29, 1.82) is 0 Å². The quantitative estimate of drug-likeness (QED) is 0.350. The van der Waals surface area contributed by atoms with Crippen LogP contribution in [0.25, 0.3) is 0 Å². The Morgan fingerprint density at radius 2 is 1.21 bits per heavy atom. The molecule has 8 heteroatoms. The van der Waals surface area contributed by atoms with E-state index in [-0.39, 0.29) is 40.1 Å². The molecule has 2 rings (SSSR count). The standard InChI is InChI=1S/C26H35O7P/c1-17(15-26(2,3)4)16-34(29,24(27)20-13-18(30-5)9-11-22(20)32-7)25(28)21-14-19(31-6)10-12-23(21)33-8/h9-14,17H,15-16H2,1-8H3. The first-order valence-corrected chi connectivity index (χ1v) is 12.9. The summed E-state index contributed by atoms with van der Waals surface area (Å²) >= 11 is 0. The van der Waals surface area contributed by atoms with Crippen LogP contribution in [0.4, 0.5) is 0 Å². The lowest BCUT2D eigenvalue weighted by molar-refractivity contribution is 0.103. The second-order valence-electron chi connectivity index (χ2n) is 9.53. The molecular formula is C26H35O7P. The number of carbonyl (C=O) groups is 2. The van der Waals surface area contributed by atoms with Crippen molar-refractivity contribution in [2.24, 2.45) is 11.3 Å². The van der Waals surface area contributed by atoms with Gasteiger partial charge in [-0.2, -0.15) is 0 Å². The predicted octanol–water partition coefficient (Wildman–Crippen LogP) is 6.14. The summed E-state index contributed by atoms with van der Waals surface area (Å²) < 4.78 is 35.8. The Bertz CT molecular complexity index is 1010. The highest BCUT2D eigenvalue weighted by Crippen LogP contribution is 2.56. The van der Waals surface area contributed by atoms with Crippen LogP contribution >= 0.6 is 7.14 Å². The number of carbonyl (C=O) groups excluding carboxylic acids is 2. The van der Waals surface area contributed by atoms with Gasteiger partial charge in [-0.1, -0.05) is 27.7 Å². The first-order valence-electron chi connectivity index (χ1n) is 11.0. The maximum Gasteiger partial charge on any atom is 0.232 e. The van der Waals surface area contributed by atoms with E-state index in [4.69, 9.17) is 18.9 Å². The van der Waals surface area contributed by atoms with Gasteiger partial charge >= 0.3 is 0 Å². The molecule has 0 spiro atoms. The molecule has 0 aliphatic rings. The summed E-state index contributed by atoms with van der Waals surface area (Å²) in [5.74, 6) is 1.07. The molecule has 0 radical (unpaired) electrons. The van der Waals surface area contributed by atoms with E-state index in [9.17, 15) is 14.2 Å². The van der Waals surface area contributed by atoms with Crippen LogP contribution < -0.4 is 18.9 Å². The Kier molecular flexibility index (Phi) is 8.96. The Labute approximate surface area is 202 Å². The van der Waals surface area contributed by atoms with Gasteiger partial charge in [0, 0.05) is 6.16 Å². The van der Waals surface area contributed by atoms with Gasteiger partial charge in [0.15, 0.2) is 0 Å². The van der Waals surface area contributed by atoms with Gasteiger partial charge in [-0.3, -0.25) is 9.59 Å². The molecule has 0 heterocycles. The lowest BCUT2D eigenvalue weighted by Crippen LogP contribution is -2.21. The number of benzene rings is 2. The summed E-state index contributed by atoms with van der Waals surface area (Å²) in [6.45, 7) is 8.10. The van der Waals surface area contributed by atoms with Crippen LogP contribution in [0.5, 0.6) is 23.0 Å². The van der Waals surface area contributed by atoms with Gasteiger partial charge in [-0.05, 0) is 54.2 Å². The Hall–Kier alpha value is -2.79. The third-order valence-corrected chi connectivity index (χ3v) is 8.39. The van der Waals surface area contributed by atoms with Crippen molar-refractivity contribution < 1.29 is 33.1 Å². The van der Waals surface area contributed by atoms with Crippen LogP contribution in [0.2, 0.25) is 0 Å². The molecule has 2 aromatic carbocycles. The van der Waals surface area contributed by atoms with E-state index in [0.717, 1.165) is 0 Å². The van der Waals surface area contributed by atoms with Gasteiger partial charge in [-0.25, -0.2) is 0 Å². The molecule has 1 atom stereocenters. The summed E-state index contributed by atoms with van der Waals surface area (Å²) in [5.41, 5.74) is -1.51. The average Bonchev–Trinajstić information content (AvgIpc) is 2.80. The molecule has 0 saturated carbocycles. The van der Waals surface area contributed by atoms with Crippen LogP contribution in [0.1, 0.15) is 54.8 Å². The van der Waals surface area contributed by atoms with E-state index >= 15 is 0 Å². The highest BCUT2D eigenvalue weighted by Gasteiger charge is 2.44. The fourth-order valence-corrected chi connectivity index (χ4v) is 6.81.